The molecule has 2 N–H and O–H groups in total. The zero-order valence-corrected chi connectivity index (χ0v) is 14.6. The molecule has 0 aliphatic heterocycles. The number of rotatable bonds is 5. The number of aromatic nitrogens is 5. The van der Waals surface area contributed by atoms with Gasteiger partial charge in [-0.3, -0.25) is 5.10 Å². The molecule has 7 nitrogen and oxygen atoms in total. The molecule has 0 saturated heterocycles. The fourth-order valence-electron chi connectivity index (χ4n) is 2.83. The molecule has 3 aromatic heterocycles. The largest absolute Gasteiger partial charge is 0.369 e. The number of anilines is 2. The summed E-state index contributed by atoms with van der Waals surface area (Å²) in [7, 11) is 1.50. The fraction of sp³-hybridized carbons (Fsp3) is 0.167. The molecule has 9 heteroatoms. The highest BCUT2D eigenvalue weighted by Crippen LogP contribution is 2.26. The number of aryl methyl sites for hydroxylation is 1. The zero-order valence-electron chi connectivity index (χ0n) is 14.6. The first kappa shape index (κ1) is 17.1. The third kappa shape index (κ3) is 3.24. The second kappa shape index (κ2) is 6.76. The van der Waals surface area contributed by atoms with Gasteiger partial charge in [-0.15, -0.1) is 0 Å². The molecule has 1 aromatic carbocycles. The van der Waals surface area contributed by atoms with Gasteiger partial charge in [-0.05, 0) is 36.8 Å². The van der Waals surface area contributed by atoms with Crippen LogP contribution in [0.2, 0.25) is 0 Å². The van der Waals surface area contributed by atoms with Crippen molar-refractivity contribution in [1.82, 2.24) is 24.6 Å². The van der Waals surface area contributed by atoms with Crippen molar-refractivity contribution in [1.29, 1.82) is 0 Å². The summed E-state index contributed by atoms with van der Waals surface area (Å²) in [4.78, 5) is 8.83. The molecule has 0 fully saturated rings. The number of halogens is 2. The number of hydrogen-bond acceptors (Lipinski definition) is 5. The van der Waals surface area contributed by atoms with Crippen LogP contribution in [0.1, 0.15) is 23.2 Å². The number of nitrogens with zero attached hydrogens (tertiary/aromatic N) is 4. The Bertz CT molecular complexity index is 1090. The maximum atomic E-state index is 14.2. The molecule has 0 bridgehead atoms. The highest BCUT2D eigenvalue weighted by atomic mass is 19.1. The summed E-state index contributed by atoms with van der Waals surface area (Å²) in [5.41, 5.74) is 1.88. The molecule has 138 valence electrons. The topological polar surface area (TPSA) is 80.1 Å². The van der Waals surface area contributed by atoms with Crippen molar-refractivity contribution >= 4 is 17.4 Å². The molecule has 1 atom stereocenters. The Labute approximate surface area is 153 Å². The lowest BCUT2D eigenvalue weighted by atomic mass is 10.1. The van der Waals surface area contributed by atoms with Gasteiger partial charge in [-0.2, -0.15) is 14.5 Å². The van der Waals surface area contributed by atoms with Crippen LogP contribution < -0.4 is 5.32 Å². The Balaban J connectivity index is 1.82. The Kier molecular flexibility index (Phi) is 4.28. The minimum Gasteiger partial charge on any atom is -0.369 e. The Morgan fingerprint density at radius 1 is 1.11 bits per heavy atom. The van der Waals surface area contributed by atoms with Crippen molar-refractivity contribution in [2.45, 2.75) is 13.0 Å². The first-order valence-corrected chi connectivity index (χ1v) is 8.17. The van der Waals surface area contributed by atoms with Crippen LogP contribution in [0.25, 0.3) is 5.65 Å². The summed E-state index contributed by atoms with van der Waals surface area (Å²) in [5, 5.41) is 9.88. The van der Waals surface area contributed by atoms with Gasteiger partial charge in [0.2, 0.25) is 11.9 Å². The van der Waals surface area contributed by atoms with Crippen LogP contribution in [-0.2, 0) is 4.74 Å². The van der Waals surface area contributed by atoms with E-state index in [2.05, 4.69) is 25.5 Å². The lowest BCUT2D eigenvalue weighted by Gasteiger charge is -2.16. The number of nitrogens with one attached hydrogen (secondary N) is 2. The van der Waals surface area contributed by atoms with Crippen LogP contribution in [-0.4, -0.2) is 31.7 Å². The standard InChI is InChI=1S/C18H16F2N6O/c1-10-9-14(25-24-10)21-18-23-17(22-15-8-7-13(20)26(15)18)16(27-2)11-3-5-12(19)6-4-11/h3-9,16H,1-2H3,(H2,21,22,23,24,25). The van der Waals surface area contributed by atoms with Gasteiger partial charge in [0.25, 0.3) is 0 Å². The highest BCUT2D eigenvalue weighted by molar-refractivity contribution is 5.54. The smallest absolute Gasteiger partial charge is 0.218 e. The summed E-state index contributed by atoms with van der Waals surface area (Å²) in [5.74, 6) is 0.136. The van der Waals surface area contributed by atoms with Crippen molar-refractivity contribution in [3.8, 4) is 0 Å². The third-order valence-electron chi connectivity index (χ3n) is 4.06. The van der Waals surface area contributed by atoms with E-state index < -0.39 is 12.1 Å². The van der Waals surface area contributed by atoms with Crippen LogP contribution in [0.3, 0.4) is 0 Å². The fourth-order valence-corrected chi connectivity index (χ4v) is 2.83. The number of methoxy groups -OCH3 is 1. The number of ether oxygens (including phenoxy) is 1. The maximum Gasteiger partial charge on any atom is 0.218 e. The molecule has 27 heavy (non-hydrogen) atoms. The number of H-pyrrole nitrogens is 1. The summed E-state index contributed by atoms with van der Waals surface area (Å²) < 4.78 is 34.2. The average Bonchev–Trinajstić information content (AvgIpc) is 3.23. The van der Waals surface area contributed by atoms with Crippen molar-refractivity contribution in [2.75, 3.05) is 12.4 Å². The summed E-state index contributed by atoms with van der Waals surface area (Å²) in [6.45, 7) is 1.85. The van der Waals surface area contributed by atoms with Gasteiger partial charge in [0.05, 0.1) is 0 Å². The van der Waals surface area contributed by atoms with E-state index in [-0.39, 0.29) is 11.8 Å². The van der Waals surface area contributed by atoms with E-state index in [9.17, 15) is 8.78 Å². The van der Waals surface area contributed by atoms with Gasteiger partial charge in [0, 0.05) is 18.9 Å². The van der Waals surface area contributed by atoms with E-state index >= 15 is 0 Å². The monoisotopic (exact) mass is 370 g/mol. The second-order valence-electron chi connectivity index (χ2n) is 5.98. The van der Waals surface area contributed by atoms with Gasteiger partial charge in [-0.25, -0.2) is 13.8 Å². The van der Waals surface area contributed by atoms with E-state index in [4.69, 9.17) is 4.74 Å². The van der Waals surface area contributed by atoms with Gasteiger partial charge in [0.15, 0.2) is 11.6 Å². The van der Waals surface area contributed by atoms with Crippen LogP contribution in [0.5, 0.6) is 0 Å². The molecule has 1 unspecified atom stereocenters. The van der Waals surface area contributed by atoms with Crippen LogP contribution >= 0.6 is 0 Å². The molecule has 3 heterocycles. The average molecular weight is 370 g/mol. The van der Waals surface area contributed by atoms with Crippen LogP contribution in [0.4, 0.5) is 20.5 Å². The molecular weight excluding hydrogens is 354 g/mol. The first-order chi connectivity index (χ1) is 13.0. The first-order valence-electron chi connectivity index (χ1n) is 8.17. The second-order valence-corrected chi connectivity index (χ2v) is 5.98. The Morgan fingerprint density at radius 2 is 1.89 bits per heavy atom. The molecule has 0 amide bonds. The number of aromatic amines is 1. The molecule has 0 aliphatic rings. The van der Waals surface area contributed by atoms with Gasteiger partial charge < -0.3 is 10.1 Å². The predicted octanol–water partition coefficient (Wildman–Crippen LogP) is 3.52. The quantitative estimate of drug-likeness (QED) is 0.562. The Hall–Kier alpha value is -3.33. The highest BCUT2D eigenvalue weighted by Gasteiger charge is 2.21. The molecule has 4 rings (SSSR count). The van der Waals surface area contributed by atoms with Crippen molar-refractivity contribution in [3.05, 3.63) is 71.3 Å². The van der Waals surface area contributed by atoms with Gasteiger partial charge >= 0.3 is 0 Å². The van der Waals surface area contributed by atoms with Gasteiger partial charge in [-0.1, -0.05) is 12.1 Å². The van der Waals surface area contributed by atoms with Crippen molar-refractivity contribution in [3.63, 3.8) is 0 Å². The van der Waals surface area contributed by atoms with E-state index in [1.165, 1.54) is 29.7 Å². The number of hydrogen-bond donors (Lipinski definition) is 2. The molecule has 0 saturated carbocycles. The number of fused-ring (bicyclic) bond motifs is 1. The molecule has 0 spiro atoms. The Morgan fingerprint density at radius 3 is 2.56 bits per heavy atom. The lowest BCUT2D eigenvalue weighted by Crippen LogP contribution is -2.13. The van der Waals surface area contributed by atoms with Crippen LogP contribution in [0.15, 0.2) is 42.5 Å². The molecule has 4 aromatic rings. The molecule has 0 radical (unpaired) electrons. The normalized spacial score (nSPS) is 12.4. The molecular formula is C18H16F2N6O. The lowest BCUT2D eigenvalue weighted by molar-refractivity contribution is 0.129. The minimum atomic E-state index is -0.643. The summed E-state index contributed by atoms with van der Waals surface area (Å²) >= 11 is 0. The SMILES string of the molecule is COC(c1ccc(F)cc1)c1nc(Nc2cc(C)[nH]n2)n2c(F)ccc2n1. The summed E-state index contributed by atoms with van der Waals surface area (Å²) in [6.07, 6.45) is -0.643. The zero-order chi connectivity index (χ0) is 19.0. The summed E-state index contributed by atoms with van der Waals surface area (Å²) in [6, 6.07) is 10.5. The van der Waals surface area contributed by atoms with Crippen molar-refractivity contribution < 1.29 is 13.5 Å². The van der Waals surface area contributed by atoms with E-state index in [1.807, 2.05) is 6.92 Å². The maximum absolute atomic E-state index is 14.2. The predicted molar refractivity (Wildman–Crippen MR) is 94.8 cm³/mol. The van der Waals surface area contributed by atoms with E-state index in [0.29, 0.717) is 22.9 Å². The number of benzene rings is 1. The third-order valence-corrected chi connectivity index (χ3v) is 4.06. The van der Waals surface area contributed by atoms with Gasteiger partial charge in [0.1, 0.15) is 17.6 Å². The van der Waals surface area contributed by atoms with E-state index in [1.54, 1.807) is 24.3 Å². The minimum absolute atomic E-state index is 0.202. The van der Waals surface area contributed by atoms with Crippen LogP contribution in [0, 0.1) is 18.7 Å². The van der Waals surface area contributed by atoms with Crippen molar-refractivity contribution in [2.24, 2.45) is 0 Å². The molecule has 0 aliphatic carbocycles. The van der Waals surface area contributed by atoms with E-state index in [0.717, 1.165) is 5.69 Å².